The lowest BCUT2D eigenvalue weighted by molar-refractivity contribution is -0.122. The molecule has 2 aliphatic rings. The molecule has 0 radical (unpaired) electrons. The van der Waals surface area contributed by atoms with Crippen LogP contribution in [0.15, 0.2) is 30.3 Å². The lowest BCUT2D eigenvalue weighted by Gasteiger charge is -2.38. The quantitative estimate of drug-likeness (QED) is 0.709. The van der Waals surface area contributed by atoms with E-state index in [0.29, 0.717) is 27.9 Å². The molecule has 2 amide bonds. The number of hydrogen-bond acceptors (Lipinski definition) is 6. The summed E-state index contributed by atoms with van der Waals surface area (Å²) in [6.45, 7) is 4.62. The zero-order valence-electron chi connectivity index (χ0n) is 17.7. The topological polar surface area (TPSA) is 73.9 Å². The fourth-order valence-corrected chi connectivity index (χ4v) is 5.02. The van der Waals surface area contributed by atoms with Gasteiger partial charge < -0.3 is 20.4 Å². The van der Waals surface area contributed by atoms with E-state index in [1.807, 2.05) is 25.1 Å². The van der Waals surface area contributed by atoms with Crippen LogP contribution in [0.1, 0.15) is 34.5 Å². The van der Waals surface area contributed by atoms with Gasteiger partial charge in [0.1, 0.15) is 5.54 Å². The van der Waals surface area contributed by atoms with Gasteiger partial charge in [-0.3, -0.25) is 9.59 Å². The molecule has 4 rings (SSSR count). The minimum absolute atomic E-state index is 0.138. The predicted molar refractivity (Wildman–Crippen MR) is 124 cm³/mol. The van der Waals surface area contributed by atoms with E-state index in [0.717, 1.165) is 24.3 Å². The van der Waals surface area contributed by atoms with Gasteiger partial charge in [0.2, 0.25) is 0 Å². The fraction of sp³-hybridized carbons (Fsp3) is 0.455. The molecule has 2 aromatic rings. The molecule has 1 unspecified atom stereocenters. The number of aryl methyl sites for hydroxylation is 1. The van der Waals surface area contributed by atoms with E-state index in [1.54, 1.807) is 12.1 Å². The van der Waals surface area contributed by atoms with Gasteiger partial charge in [0.25, 0.3) is 11.8 Å². The first-order valence-electron chi connectivity index (χ1n) is 10.4. The summed E-state index contributed by atoms with van der Waals surface area (Å²) < 4.78 is 6.01. The molecule has 0 saturated carbocycles. The number of carbonyl (C=O) groups excluding carboxylic acids is 2. The van der Waals surface area contributed by atoms with Gasteiger partial charge in [-0.25, -0.2) is 5.01 Å². The minimum Gasteiger partial charge on any atom is -0.378 e. The lowest BCUT2D eigenvalue weighted by Crippen LogP contribution is -2.57. The first-order chi connectivity index (χ1) is 14.9. The third kappa shape index (κ3) is 4.72. The van der Waals surface area contributed by atoms with Crippen LogP contribution in [0.4, 0.5) is 11.4 Å². The van der Waals surface area contributed by atoms with Crippen molar-refractivity contribution >= 4 is 46.1 Å². The van der Waals surface area contributed by atoms with Crippen molar-refractivity contribution in [3.63, 3.8) is 0 Å². The standard InChI is InChI=1S/C22H27ClN4O3S/c1-15-13-16(5-6-17(15)27-11-4-3-10-26(27)2)24-21(29)22(9-12-30-14-22)25-20(28)18-7-8-19(23)31-18/h5-8,13H,3-4,9-12,14H2,1-2H3,(H,24,29)(H,25,28). The average molecular weight is 463 g/mol. The summed E-state index contributed by atoms with van der Waals surface area (Å²) in [7, 11) is 2.10. The Balaban J connectivity index is 1.49. The molecule has 31 heavy (non-hydrogen) atoms. The van der Waals surface area contributed by atoms with Crippen LogP contribution in [0.25, 0.3) is 0 Å². The van der Waals surface area contributed by atoms with Crippen molar-refractivity contribution in [3.05, 3.63) is 45.1 Å². The summed E-state index contributed by atoms with van der Waals surface area (Å²) in [4.78, 5) is 26.4. The number of nitrogens with zero attached hydrogens (tertiary/aromatic N) is 2. The highest BCUT2D eigenvalue weighted by atomic mass is 35.5. The van der Waals surface area contributed by atoms with Crippen LogP contribution in [0, 0.1) is 6.92 Å². The summed E-state index contributed by atoms with van der Waals surface area (Å²) in [5, 5.41) is 10.4. The van der Waals surface area contributed by atoms with Gasteiger partial charge in [-0.2, -0.15) is 0 Å². The number of ether oxygens (including phenoxy) is 1. The van der Waals surface area contributed by atoms with Crippen molar-refractivity contribution in [1.82, 2.24) is 10.3 Å². The molecule has 166 valence electrons. The molecule has 7 nitrogen and oxygen atoms in total. The number of anilines is 2. The number of benzene rings is 1. The second-order valence-electron chi connectivity index (χ2n) is 8.11. The number of carbonyl (C=O) groups is 2. The molecule has 0 spiro atoms. The Morgan fingerprint density at radius 3 is 2.65 bits per heavy atom. The molecule has 2 aliphatic heterocycles. The van der Waals surface area contributed by atoms with Crippen molar-refractivity contribution < 1.29 is 14.3 Å². The normalized spacial score (nSPS) is 21.8. The smallest absolute Gasteiger partial charge is 0.262 e. The van der Waals surface area contributed by atoms with Gasteiger partial charge in [0, 0.05) is 38.9 Å². The Morgan fingerprint density at radius 1 is 1.19 bits per heavy atom. The number of thiophene rings is 1. The summed E-state index contributed by atoms with van der Waals surface area (Å²) in [6.07, 6.45) is 2.78. The molecule has 2 N–H and O–H groups in total. The highest BCUT2D eigenvalue weighted by Crippen LogP contribution is 2.29. The number of halogens is 1. The Hall–Kier alpha value is -2.13. The van der Waals surface area contributed by atoms with E-state index in [-0.39, 0.29) is 18.4 Å². The largest absolute Gasteiger partial charge is 0.378 e. The molecule has 0 bridgehead atoms. The van der Waals surface area contributed by atoms with Crippen molar-refractivity contribution in [2.45, 2.75) is 31.7 Å². The number of hydrazine groups is 1. The molecule has 0 aliphatic carbocycles. The molecule has 1 aromatic heterocycles. The minimum atomic E-state index is -1.10. The zero-order valence-corrected chi connectivity index (χ0v) is 19.3. The van der Waals surface area contributed by atoms with Crippen LogP contribution in [-0.4, -0.2) is 55.7 Å². The van der Waals surface area contributed by atoms with E-state index in [4.69, 9.17) is 16.3 Å². The van der Waals surface area contributed by atoms with Gasteiger partial charge in [-0.15, -0.1) is 11.3 Å². The molecule has 3 heterocycles. The third-order valence-electron chi connectivity index (χ3n) is 5.85. The fourth-order valence-electron chi connectivity index (χ4n) is 4.09. The highest BCUT2D eigenvalue weighted by molar-refractivity contribution is 7.18. The van der Waals surface area contributed by atoms with Crippen LogP contribution < -0.4 is 15.6 Å². The number of rotatable bonds is 5. The molecular formula is C22H27ClN4O3S. The van der Waals surface area contributed by atoms with E-state index >= 15 is 0 Å². The van der Waals surface area contributed by atoms with E-state index < -0.39 is 5.54 Å². The van der Waals surface area contributed by atoms with Crippen LogP contribution in [0.5, 0.6) is 0 Å². The molecule has 1 aromatic carbocycles. The highest BCUT2D eigenvalue weighted by Gasteiger charge is 2.44. The average Bonchev–Trinajstić information content (AvgIpc) is 3.39. The molecule has 1 atom stereocenters. The Kier molecular flexibility index (Phi) is 6.52. The Bertz CT molecular complexity index is 973. The van der Waals surface area contributed by atoms with Crippen molar-refractivity contribution in [2.24, 2.45) is 0 Å². The summed E-state index contributed by atoms with van der Waals surface area (Å²) in [5.74, 6) is -0.597. The number of nitrogens with one attached hydrogen (secondary N) is 2. The monoisotopic (exact) mass is 462 g/mol. The number of hydrogen-bond donors (Lipinski definition) is 2. The van der Waals surface area contributed by atoms with Gasteiger partial charge in [-0.1, -0.05) is 11.6 Å². The zero-order chi connectivity index (χ0) is 22.0. The summed E-state index contributed by atoms with van der Waals surface area (Å²) in [6, 6.07) is 9.25. The second kappa shape index (κ2) is 9.16. The van der Waals surface area contributed by atoms with E-state index in [1.165, 1.54) is 24.2 Å². The maximum atomic E-state index is 13.2. The van der Waals surface area contributed by atoms with Crippen LogP contribution in [-0.2, 0) is 9.53 Å². The van der Waals surface area contributed by atoms with Gasteiger partial charge in [0.15, 0.2) is 0 Å². The predicted octanol–water partition coefficient (Wildman–Crippen LogP) is 3.68. The molecule has 2 fully saturated rings. The van der Waals surface area contributed by atoms with Crippen LogP contribution >= 0.6 is 22.9 Å². The number of amides is 2. The lowest BCUT2D eigenvalue weighted by atomic mass is 9.96. The Morgan fingerprint density at radius 2 is 2.00 bits per heavy atom. The second-order valence-corrected chi connectivity index (χ2v) is 9.82. The van der Waals surface area contributed by atoms with E-state index in [9.17, 15) is 9.59 Å². The Labute approximate surface area is 191 Å². The molecular weight excluding hydrogens is 436 g/mol. The van der Waals surface area contributed by atoms with Crippen molar-refractivity contribution in [1.29, 1.82) is 0 Å². The summed E-state index contributed by atoms with van der Waals surface area (Å²) in [5.41, 5.74) is 1.82. The SMILES string of the molecule is Cc1cc(NC(=O)C2(NC(=O)c3ccc(Cl)s3)CCOC2)ccc1N1CCCCN1C. The molecule has 2 saturated heterocycles. The first kappa shape index (κ1) is 22.1. The van der Waals surface area contributed by atoms with Crippen LogP contribution in [0.3, 0.4) is 0 Å². The van der Waals surface area contributed by atoms with Crippen molar-refractivity contribution in [2.75, 3.05) is 43.7 Å². The van der Waals surface area contributed by atoms with Gasteiger partial charge in [0.05, 0.1) is 21.5 Å². The van der Waals surface area contributed by atoms with Crippen LogP contribution in [0.2, 0.25) is 4.34 Å². The first-order valence-corrected chi connectivity index (χ1v) is 11.6. The van der Waals surface area contributed by atoms with Gasteiger partial charge >= 0.3 is 0 Å². The third-order valence-corrected chi connectivity index (χ3v) is 7.08. The van der Waals surface area contributed by atoms with Gasteiger partial charge in [-0.05, 0) is 55.7 Å². The maximum absolute atomic E-state index is 13.2. The van der Waals surface area contributed by atoms with E-state index in [2.05, 4.69) is 27.7 Å². The summed E-state index contributed by atoms with van der Waals surface area (Å²) >= 11 is 7.13. The molecule has 9 heteroatoms. The van der Waals surface area contributed by atoms with Crippen molar-refractivity contribution in [3.8, 4) is 0 Å². The maximum Gasteiger partial charge on any atom is 0.262 e.